The van der Waals surface area contributed by atoms with Crippen LogP contribution in [-0.4, -0.2) is 11.7 Å². The van der Waals surface area contributed by atoms with Crippen molar-refractivity contribution in [2.45, 2.75) is 26.9 Å². The number of ether oxygens (including phenoxy) is 1. The molecule has 0 heterocycles. The van der Waals surface area contributed by atoms with Gasteiger partial charge in [0.05, 0.1) is 12.7 Å². The molecule has 0 radical (unpaired) electrons. The number of aliphatic hydroxyl groups is 1. The fourth-order valence-corrected chi connectivity index (χ4v) is 1.17. The third-order valence-electron chi connectivity index (χ3n) is 1.96. The smallest absolute Gasteiger partial charge is 0.127 e. The molecule has 1 N–H and O–H groups in total. The van der Waals surface area contributed by atoms with E-state index >= 15 is 0 Å². The van der Waals surface area contributed by atoms with Crippen LogP contribution < -0.4 is 4.74 Å². The third kappa shape index (κ3) is 3.88. The van der Waals surface area contributed by atoms with Gasteiger partial charge in [-0.1, -0.05) is 13.8 Å². The summed E-state index contributed by atoms with van der Waals surface area (Å²) in [5, 5.41) is 9.33. The summed E-state index contributed by atoms with van der Waals surface area (Å²) < 4.78 is 18.5. The highest BCUT2D eigenvalue weighted by atomic mass is 19.1. The first-order valence-corrected chi connectivity index (χ1v) is 5.10. The van der Waals surface area contributed by atoms with E-state index in [0.29, 0.717) is 23.8 Å². The maximum absolute atomic E-state index is 13.1. The Morgan fingerprint density at radius 1 is 1.27 bits per heavy atom. The summed E-state index contributed by atoms with van der Waals surface area (Å²) in [5.41, 5.74) is 0.536. The van der Waals surface area contributed by atoms with Crippen LogP contribution in [0.4, 0.5) is 4.39 Å². The van der Waals surface area contributed by atoms with Crippen LogP contribution in [-0.2, 0) is 0 Å². The molecule has 84 valence electrons. The van der Waals surface area contributed by atoms with Crippen molar-refractivity contribution in [2.24, 2.45) is 5.92 Å². The van der Waals surface area contributed by atoms with Crippen LogP contribution in [0.25, 0.3) is 0 Å². The molecule has 0 aliphatic rings. The van der Waals surface area contributed by atoms with Crippen LogP contribution in [0.5, 0.6) is 5.75 Å². The first kappa shape index (κ1) is 12.0. The van der Waals surface area contributed by atoms with Gasteiger partial charge in [-0.25, -0.2) is 4.39 Å². The van der Waals surface area contributed by atoms with Crippen LogP contribution in [0.3, 0.4) is 0 Å². The van der Waals surface area contributed by atoms with Crippen LogP contribution in [0.1, 0.15) is 32.4 Å². The Bertz CT molecular complexity index is 321. The second-order valence-corrected chi connectivity index (χ2v) is 4.10. The van der Waals surface area contributed by atoms with Gasteiger partial charge in [-0.15, -0.1) is 0 Å². The van der Waals surface area contributed by atoms with E-state index < -0.39 is 6.10 Å². The van der Waals surface area contributed by atoms with Gasteiger partial charge < -0.3 is 9.84 Å². The highest BCUT2D eigenvalue weighted by Crippen LogP contribution is 2.21. The van der Waals surface area contributed by atoms with Gasteiger partial charge in [-0.3, -0.25) is 0 Å². The van der Waals surface area contributed by atoms with E-state index in [1.54, 1.807) is 13.0 Å². The first-order valence-electron chi connectivity index (χ1n) is 5.10. The maximum Gasteiger partial charge on any atom is 0.127 e. The van der Waals surface area contributed by atoms with Gasteiger partial charge in [0.25, 0.3) is 0 Å². The van der Waals surface area contributed by atoms with Crippen molar-refractivity contribution < 1.29 is 14.2 Å². The lowest BCUT2D eigenvalue weighted by Gasteiger charge is -2.11. The summed E-state index contributed by atoms with van der Waals surface area (Å²) in [6.45, 7) is 6.19. The van der Waals surface area contributed by atoms with Crippen LogP contribution in [0, 0.1) is 11.7 Å². The summed E-state index contributed by atoms with van der Waals surface area (Å²) in [4.78, 5) is 0. The standard InChI is InChI=1S/C12H17FO2/c1-8(2)7-15-12-5-10(9(3)14)4-11(13)6-12/h4-6,8-9,14H,7H2,1-3H3/t9-/m1/s1. The van der Waals surface area contributed by atoms with Crippen molar-refractivity contribution in [1.82, 2.24) is 0 Å². The minimum absolute atomic E-state index is 0.382. The van der Waals surface area contributed by atoms with Crippen LogP contribution in [0.2, 0.25) is 0 Å². The monoisotopic (exact) mass is 212 g/mol. The molecule has 0 saturated heterocycles. The molecule has 2 nitrogen and oxygen atoms in total. The topological polar surface area (TPSA) is 29.5 Å². The fourth-order valence-electron chi connectivity index (χ4n) is 1.17. The van der Waals surface area contributed by atoms with E-state index in [4.69, 9.17) is 4.74 Å². The number of benzene rings is 1. The normalized spacial score (nSPS) is 12.9. The summed E-state index contributed by atoms with van der Waals surface area (Å²) in [6.07, 6.45) is -0.679. The van der Waals surface area contributed by atoms with Crippen molar-refractivity contribution in [1.29, 1.82) is 0 Å². The molecular formula is C12H17FO2. The predicted octanol–water partition coefficient (Wildman–Crippen LogP) is 2.91. The fraction of sp³-hybridized carbons (Fsp3) is 0.500. The Kier molecular flexibility index (Phi) is 4.09. The van der Waals surface area contributed by atoms with Crippen molar-refractivity contribution in [3.05, 3.63) is 29.6 Å². The zero-order valence-corrected chi connectivity index (χ0v) is 9.33. The van der Waals surface area contributed by atoms with Crippen molar-refractivity contribution >= 4 is 0 Å². The largest absolute Gasteiger partial charge is 0.493 e. The summed E-state index contributed by atoms with van der Waals surface area (Å²) in [6, 6.07) is 4.30. The minimum atomic E-state index is -0.679. The van der Waals surface area contributed by atoms with Gasteiger partial charge in [0.15, 0.2) is 0 Å². The molecule has 0 aromatic heterocycles. The lowest BCUT2D eigenvalue weighted by Crippen LogP contribution is -2.05. The van der Waals surface area contributed by atoms with Gasteiger partial charge in [-0.05, 0) is 30.5 Å². The molecule has 1 aromatic carbocycles. The van der Waals surface area contributed by atoms with Gasteiger partial charge in [0.2, 0.25) is 0 Å². The third-order valence-corrected chi connectivity index (χ3v) is 1.96. The molecule has 3 heteroatoms. The van der Waals surface area contributed by atoms with Gasteiger partial charge in [0, 0.05) is 6.07 Å². The number of hydrogen-bond donors (Lipinski definition) is 1. The number of aliphatic hydroxyl groups excluding tert-OH is 1. The second-order valence-electron chi connectivity index (χ2n) is 4.10. The molecule has 0 saturated carbocycles. The first-order chi connectivity index (χ1) is 6.99. The van der Waals surface area contributed by atoms with Crippen molar-refractivity contribution in [3.8, 4) is 5.75 Å². The number of hydrogen-bond acceptors (Lipinski definition) is 2. The summed E-state index contributed by atoms with van der Waals surface area (Å²) in [5.74, 6) is 0.482. The quantitative estimate of drug-likeness (QED) is 0.831. The molecule has 0 spiro atoms. The minimum Gasteiger partial charge on any atom is -0.493 e. The molecule has 0 amide bonds. The Morgan fingerprint density at radius 3 is 2.47 bits per heavy atom. The molecule has 0 bridgehead atoms. The van der Waals surface area contributed by atoms with Gasteiger partial charge >= 0.3 is 0 Å². The number of rotatable bonds is 4. The molecule has 0 unspecified atom stereocenters. The Labute approximate surface area is 89.7 Å². The molecule has 1 aromatic rings. The Balaban J connectivity index is 2.79. The van der Waals surface area contributed by atoms with Crippen molar-refractivity contribution in [3.63, 3.8) is 0 Å². The lowest BCUT2D eigenvalue weighted by molar-refractivity contribution is 0.197. The molecule has 15 heavy (non-hydrogen) atoms. The molecular weight excluding hydrogens is 195 g/mol. The molecule has 0 fully saturated rings. The molecule has 1 rings (SSSR count). The summed E-state index contributed by atoms with van der Waals surface area (Å²) >= 11 is 0. The molecule has 0 aliphatic carbocycles. The van der Waals surface area contributed by atoms with Gasteiger partial charge in [0.1, 0.15) is 11.6 Å². The molecule has 0 aliphatic heterocycles. The molecule has 1 atom stereocenters. The zero-order valence-electron chi connectivity index (χ0n) is 9.33. The van der Waals surface area contributed by atoms with E-state index in [1.165, 1.54) is 12.1 Å². The maximum atomic E-state index is 13.1. The van der Waals surface area contributed by atoms with E-state index in [9.17, 15) is 9.50 Å². The summed E-state index contributed by atoms with van der Waals surface area (Å²) in [7, 11) is 0. The number of halogens is 1. The van der Waals surface area contributed by atoms with E-state index in [2.05, 4.69) is 0 Å². The van der Waals surface area contributed by atoms with Crippen molar-refractivity contribution in [2.75, 3.05) is 6.61 Å². The SMILES string of the molecule is CC(C)COc1cc(F)cc([C@@H](C)O)c1. The lowest BCUT2D eigenvalue weighted by atomic mass is 10.1. The zero-order chi connectivity index (χ0) is 11.4. The van der Waals surface area contributed by atoms with Gasteiger partial charge in [-0.2, -0.15) is 0 Å². The van der Waals surface area contributed by atoms with E-state index in [-0.39, 0.29) is 5.82 Å². The Morgan fingerprint density at radius 2 is 1.93 bits per heavy atom. The average Bonchev–Trinajstić information content (AvgIpc) is 2.13. The Hall–Kier alpha value is -1.09. The van der Waals surface area contributed by atoms with E-state index in [0.717, 1.165) is 0 Å². The highest BCUT2D eigenvalue weighted by Gasteiger charge is 2.06. The second kappa shape index (κ2) is 5.12. The highest BCUT2D eigenvalue weighted by molar-refractivity contribution is 5.30. The van der Waals surface area contributed by atoms with Crippen LogP contribution in [0.15, 0.2) is 18.2 Å². The van der Waals surface area contributed by atoms with E-state index in [1.807, 2.05) is 13.8 Å². The average molecular weight is 212 g/mol. The predicted molar refractivity (Wildman–Crippen MR) is 57.4 cm³/mol. The van der Waals surface area contributed by atoms with Crippen LogP contribution >= 0.6 is 0 Å².